The monoisotopic (exact) mass is 415 g/mol. The number of hydrogen-bond donors (Lipinski definition) is 3. The molecule has 2 aromatic rings. The second-order valence-corrected chi connectivity index (χ2v) is 7.83. The van der Waals surface area contributed by atoms with Gasteiger partial charge in [-0.25, -0.2) is 9.98 Å². The lowest BCUT2D eigenvalue weighted by Crippen LogP contribution is -2.39. The molecule has 1 atom stereocenters. The number of allylic oxidation sites excluding steroid dienone is 2. The molecule has 0 saturated heterocycles. The van der Waals surface area contributed by atoms with Crippen LogP contribution >= 0.6 is 0 Å². The fourth-order valence-electron chi connectivity index (χ4n) is 4.41. The molecule has 2 aliphatic carbocycles. The number of nitrogens with zero attached hydrogens (tertiary/aromatic N) is 2. The molecule has 5 rings (SSSR count). The number of ether oxygens (including phenoxy) is 1. The highest BCUT2D eigenvalue weighted by atomic mass is 16.5. The van der Waals surface area contributed by atoms with Crippen LogP contribution in [0.25, 0.3) is 12.2 Å². The van der Waals surface area contributed by atoms with Crippen molar-refractivity contribution in [1.82, 2.24) is 5.32 Å². The van der Waals surface area contributed by atoms with E-state index in [2.05, 4.69) is 40.7 Å². The first-order chi connectivity index (χ1) is 15.1. The zero-order chi connectivity index (χ0) is 21.4. The number of aryl methyl sites for hydroxylation is 1. The van der Waals surface area contributed by atoms with E-state index < -0.39 is 6.35 Å². The number of aromatic hydroxyl groups is 2. The Labute approximate surface area is 181 Å². The third-order valence-corrected chi connectivity index (χ3v) is 5.84. The number of benzene rings is 2. The number of fused-ring (bicyclic) bond motifs is 3. The van der Waals surface area contributed by atoms with E-state index in [1.807, 2.05) is 6.92 Å². The first kappa shape index (κ1) is 19.6. The Bertz CT molecular complexity index is 1160. The van der Waals surface area contributed by atoms with Crippen LogP contribution in [0.15, 0.2) is 46.4 Å². The molecule has 0 amide bonds. The molecule has 0 radical (unpaired) electrons. The Morgan fingerprint density at radius 1 is 0.968 bits per heavy atom. The minimum atomic E-state index is -0.699. The van der Waals surface area contributed by atoms with Gasteiger partial charge in [-0.15, -0.1) is 0 Å². The van der Waals surface area contributed by atoms with Crippen LogP contribution in [0.1, 0.15) is 53.1 Å². The maximum atomic E-state index is 10.4. The van der Waals surface area contributed by atoms with Crippen LogP contribution in [0.5, 0.6) is 11.5 Å². The number of amidine groups is 2. The van der Waals surface area contributed by atoms with Crippen molar-refractivity contribution in [3.8, 4) is 11.5 Å². The van der Waals surface area contributed by atoms with Gasteiger partial charge >= 0.3 is 0 Å². The highest BCUT2D eigenvalue weighted by molar-refractivity contribution is 6.17. The summed E-state index contributed by atoms with van der Waals surface area (Å²) >= 11 is 0. The zero-order valence-electron chi connectivity index (χ0n) is 17.4. The first-order valence-corrected chi connectivity index (χ1v) is 10.7. The summed E-state index contributed by atoms with van der Waals surface area (Å²) in [5.74, 6) is 1.11. The van der Waals surface area contributed by atoms with E-state index >= 15 is 0 Å². The molecule has 0 saturated carbocycles. The van der Waals surface area contributed by atoms with Crippen LogP contribution in [0, 0.1) is 0 Å². The topological polar surface area (TPSA) is 86.4 Å². The molecule has 6 heteroatoms. The molecule has 2 aromatic carbocycles. The van der Waals surface area contributed by atoms with Crippen LogP contribution in [0.4, 0.5) is 0 Å². The molecular formula is C25H25N3O3. The van der Waals surface area contributed by atoms with Crippen LogP contribution in [-0.4, -0.2) is 34.8 Å². The molecule has 1 unspecified atom stereocenters. The number of hydrogen-bond acceptors (Lipinski definition) is 6. The molecule has 0 bridgehead atoms. The lowest BCUT2D eigenvalue weighted by Gasteiger charge is -2.27. The molecule has 0 spiro atoms. The van der Waals surface area contributed by atoms with Gasteiger partial charge in [0, 0.05) is 18.2 Å². The molecule has 158 valence electrons. The van der Waals surface area contributed by atoms with Crippen LogP contribution in [0.3, 0.4) is 0 Å². The van der Waals surface area contributed by atoms with Gasteiger partial charge in [0.15, 0.2) is 0 Å². The quantitative estimate of drug-likeness (QED) is 0.701. The average molecular weight is 415 g/mol. The van der Waals surface area contributed by atoms with Crippen molar-refractivity contribution in [2.75, 3.05) is 6.61 Å². The molecule has 6 nitrogen and oxygen atoms in total. The minimum absolute atomic E-state index is 0.00323. The third-order valence-electron chi connectivity index (χ3n) is 5.84. The van der Waals surface area contributed by atoms with E-state index in [0.717, 1.165) is 31.2 Å². The summed E-state index contributed by atoms with van der Waals surface area (Å²) in [5.41, 5.74) is 6.71. The number of phenolic OH excluding ortho intramolecular Hbond substituents is 2. The Morgan fingerprint density at radius 3 is 2.48 bits per heavy atom. The van der Waals surface area contributed by atoms with Crippen molar-refractivity contribution in [3.63, 3.8) is 0 Å². The molecule has 3 N–H and O–H groups in total. The Hall–Kier alpha value is -3.38. The van der Waals surface area contributed by atoms with Crippen molar-refractivity contribution in [3.05, 3.63) is 69.8 Å². The Kier molecular flexibility index (Phi) is 5.08. The molecule has 31 heavy (non-hydrogen) atoms. The second-order valence-electron chi connectivity index (χ2n) is 7.83. The van der Waals surface area contributed by atoms with Gasteiger partial charge in [-0.2, -0.15) is 0 Å². The highest BCUT2D eigenvalue weighted by Crippen LogP contribution is 2.34. The van der Waals surface area contributed by atoms with Crippen LogP contribution in [0.2, 0.25) is 0 Å². The van der Waals surface area contributed by atoms with Crippen molar-refractivity contribution >= 4 is 23.8 Å². The van der Waals surface area contributed by atoms with Gasteiger partial charge in [-0.1, -0.05) is 24.3 Å². The summed E-state index contributed by atoms with van der Waals surface area (Å²) in [6.45, 7) is 2.37. The number of nitrogens with one attached hydrogen (secondary N) is 1. The molecule has 3 aliphatic rings. The van der Waals surface area contributed by atoms with Crippen LogP contribution < -0.4 is 5.32 Å². The number of phenols is 2. The normalized spacial score (nSPS) is 19.2. The Morgan fingerprint density at radius 2 is 1.71 bits per heavy atom. The second kappa shape index (κ2) is 8.04. The van der Waals surface area contributed by atoms with Crippen LogP contribution in [-0.2, 0) is 17.6 Å². The summed E-state index contributed by atoms with van der Waals surface area (Å²) in [6, 6.07) is 6.71. The highest BCUT2D eigenvalue weighted by Gasteiger charge is 2.26. The first-order valence-electron chi connectivity index (χ1n) is 10.7. The van der Waals surface area contributed by atoms with Crippen molar-refractivity contribution in [2.24, 2.45) is 9.98 Å². The molecule has 1 heterocycles. The largest absolute Gasteiger partial charge is 0.508 e. The summed E-state index contributed by atoms with van der Waals surface area (Å²) in [6.07, 6.45) is 12.2. The van der Waals surface area contributed by atoms with Crippen molar-refractivity contribution in [2.45, 2.75) is 39.0 Å². The molecular weight excluding hydrogens is 390 g/mol. The van der Waals surface area contributed by atoms with Gasteiger partial charge in [-0.3, -0.25) is 0 Å². The van der Waals surface area contributed by atoms with E-state index in [1.165, 1.54) is 34.4 Å². The summed E-state index contributed by atoms with van der Waals surface area (Å²) in [5, 5.41) is 23.4. The van der Waals surface area contributed by atoms with Gasteiger partial charge in [0.05, 0.1) is 5.56 Å². The SMILES string of the molecule is CCOC1N=C(c2ccc(O)cc2O)NC(c2cc3c(c4c2CCC=C4)C=CCC3)=N1. The lowest BCUT2D eigenvalue weighted by molar-refractivity contribution is 0.0750. The van der Waals surface area contributed by atoms with Gasteiger partial charge < -0.3 is 20.3 Å². The number of rotatable bonds is 4. The van der Waals surface area contributed by atoms with E-state index in [0.29, 0.717) is 23.8 Å². The molecule has 0 fully saturated rings. The average Bonchev–Trinajstić information content (AvgIpc) is 2.78. The van der Waals surface area contributed by atoms with Gasteiger partial charge in [-0.05, 0) is 73.1 Å². The van der Waals surface area contributed by atoms with Crippen molar-refractivity contribution in [1.29, 1.82) is 0 Å². The van der Waals surface area contributed by atoms with Crippen molar-refractivity contribution < 1.29 is 14.9 Å². The third kappa shape index (κ3) is 3.64. The van der Waals surface area contributed by atoms with E-state index in [-0.39, 0.29) is 11.5 Å². The van der Waals surface area contributed by atoms with E-state index in [9.17, 15) is 10.2 Å². The summed E-state index contributed by atoms with van der Waals surface area (Å²) in [7, 11) is 0. The Balaban J connectivity index is 1.62. The van der Waals surface area contributed by atoms with Gasteiger partial charge in [0.1, 0.15) is 23.2 Å². The predicted octanol–water partition coefficient (Wildman–Crippen LogP) is 4.13. The van der Waals surface area contributed by atoms with E-state index in [1.54, 1.807) is 6.07 Å². The fraction of sp³-hybridized carbons (Fsp3) is 0.280. The maximum absolute atomic E-state index is 10.4. The summed E-state index contributed by atoms with van der Waals surface area (Å²) in [4.78, 5) is 9.28. The maximum Gasteiger partial charge on any atom is 0.249 e. The zero-order valence-corrected chi connectivity index (χ0v) is 17.4. The van der Waals surface area contributed by atoms with Gasteiger partial charge in [0.25, 0.3) is 0 Å². The minimum Gasteiger partial charge on any atom is -0.508 e. The lowest BCUT2D eigenvalue weighted by atomic mass is 9.83. The standard InChI is InChI=1S/C25H25N3O3/c1-2-31-25-27-23(20-12-11-16(29)14-22(20)30)26-24(28-25)21-13-15-7-3-4-8-17(15)18-9-5-6-10-19(18)21/h4-5,8-9,11-14,25,29-30H,2-3,6-7,10H2,1H3,(H,26,27,28). The smallest absolute Gasteiger partial charge is 0.249 e. The summed E-state index contributed by atoms with van der Waals surface area (Å²) < 4.78 is 5.74. The van der Waals surface area contributed by atoms with Gasteiger partial charge in [0.2, 0.25) is 6.35 Å². The molecule has 0 aromatic heterocycles. The fourth-order valence-corrected chi connectivity index (χ4v) is 4.41. The molecule has 1 aliphatic heterocycles. The number of aliphatic imine (C=N–C) groups is 2. The predicted molar refractivity (Wildman–Crippen MR) is 123 cm³/mol. The van der Waals surface area contributed by atoms with E-state index in [4.69, 9.17) is 9.73 Å².